The summed E-state index contributed by atoms with van der Waals surface area (Å²) in [5, 5.41) is 11.9. The normalized spacial score (nSPS) is 25.7. The third kappa shape index (κ3) is 3.87. The summed E-state index contributed by atoms with van der Waals surface area (Å²) in [6.45, 7) is 0.740. The molecule has 1 unspecified atom stereocenters. The zero-order valence-corrected chi connectivity index (χ0v) is 12.3. The number of rotatable bonds is 4. The number of hydrogen-bond acceptors (Lipinski definition) is 3. The molecule has 0 aromatic heterocycles. The first-order valence-electron chi connectivity index (χ1n) is 7.99. The summed E-state index contributed by atoms with van der Waals surface area (Å²) in [6.07, 6.45) is 11.0. The maximum Gasteiger partial charge on any atom is 0.223 e. The van der Waals surface area contributed by atoms with Crippen molar-refractivity contribution in [3.05, 3.63) is 0 Å². The van der Waals surface area contributed by atoms with Crippen LogP contribution in [0.15, 0.2) is 5.16 Å². The van der Waals surface area contributed by atoms with Crippen LogP contribution in [0.5, 0.6) is 0 Å². The van der Waals surface area contributed by atoms with Gasteiger partial charge in [-0.25, -0.2) is 0 Å². The minimum absolute atomic E-state index is 0.173. The first-order chi connectivity index (χ1) is 9.72. The highest BCUT2D eigenvalue weighted by molar-refractivity contribution is 5.90. The zero-order chi connectivity index (χ0) is 14.4. The molecule has 3 N–H and O–H groups in total. The van der Waals surface area contributed by atoms with E-state index in [1.165, 1.54) is 32.1 Å². The van der Waals surface area contributed by atoms with Gasteiger partial charge >= 0.3 is 0 Å². The van der Waals surface area contributed by atoms with Gasteiger partial charge in [-0.15, -0.1) is 0 Å². The van der Waals surface area contributed by atoms with Crippen molar-refractivity contribution in [2.45, 2.75) is 70.3 Å². The van der Waals surface area contributed by atoms with Crippen LogP contribution in [0.2, 0.25) is 0 Å². The lowest BCUT2D eigenvalue weighted by Crippen LogP contribution is -2.50. The smallest absolute Gasteiger partial charge is 0.223 e. The maximum atomic E-state index is 12.4. The van der Waals surface area contributed by atoms with E-state index in [0.717, 1.165) is 38.1 Å². The van der Waals surface area contributed by atoms with E-state index in [-0.39, 0.29) is 17.8 Å². The molecule has 2 fully saturated rings. The lowest BCUT2D eigenvalue weighted by molar-refractivity contribution is -0.133. The molecule has 0 bridgehead atoms. The fourth-order valence-electron chi connectivity index (χ4n) is 3.55. The van der Waals surface area contributed by atoms with Gasteiger partial charge in [-0.1, -0.05) is 37.3 Å². The summed E-state index contributed by atoms with van der Waals surface area (Å²) >= 11 is 0. The molecule has 20 heavy (non-hydrogen) atoms. The van der Waals surface area contributed by atoms with Gasteiger partial charge in [0.25, 0.3) is 0 Å². The van der Waals surface area contributed by atoms with Crippen molar-refractivity contribution in [2.24, 2.45) is 16.8 Å². The lowest BCUT2D eigenvalue weighted by atomic mass is 9.86. The van der Waals surface area contributed by atoms with Gasteiger partial charge in [0.2, 0.25) is 5.91 Å². The molecule has 1 saturated carbocycles. The van der Waals surface area contributed by atoms with Crippen molar-refractivity contribution in [3.63, 3.8) is 0 Å². The largest absolute Gasteiger partial charge is 0.409 e. The second-order valence-corrected chi connectivity index (χ2v) is 6.17. The van der Waals surface area contributed by atoms with Crippen LogP contribution in [0.25, 0.3) is 0 Å². The molecule has 114 valence electrons. The standard InChI is InChI=1S/C15H27N3O2/c16-15(17-20)13-8-4-5-11-18(13)14(19)10-9-12-6-2-1-3-7-12/h12-13,20H,1-11H2,(H2,16,17). The highest BCUT2D eigenvalue weighted by atomic mass is 16.4. The SMILES string of the molecule is NC(=NO)C1CCCCN1C(=O)CCC1CCCCC1. The number of nitrogens with two attached hydrogens (primary N) is 1. The first-order valence-corrected chi connectivity index (χ1v) is 7.99. The van der Waals surface area contributed by atoms with Crippen molar-refractivity contribution >= 4 is 11.7 Å². The van der Waals surface area contributed by atoms with Crippen LogP contribution in [0.1, 0.15) is 64.2 Å². The van der Waals surface area contributed by atoms with Gasteiger partial charge in [-0.3, -0.25) is 4.79 Å². The van der Waals surface area contributed by atoms with E-state index in [2.05, 4.69) is 5.16 Å². The molecule has 5 heteroatoms. The Kier molecular flexibility index (Phi) is 5.68. The molecule has 1 aliphatic heterocycles. The third-order valence-corrected chi connectivity index (χ3v) is 4.77. The van der Waals surface area contributed by atoms with Crippen LogP contribution >= 0.6 is 0 Å². The molecule has 2 rings (SSSR count). The fraction of sp³-hybridized carbons (Fsp3) is 0.867. The summed E-state index contributed by atoms with van der Waals surface area (Å²) in [5.74, 6) is 1.07. The van der Waals surface area contributed by atoms with Crippen LogP contribution in [0, 0.1) is 5.92 Å². The molecule has 1 atom stereocenters. The third-order valence-electron chi connectivity index (χ3n) is 4.77. The van der Waals surface area contributed by atoms with E-state index in [1.54, 1.807) is 0 Å². The number of carbonyl (C=O) groups excluding carboxylic acids is 1. The number of amidine groups is 1. The average molecular weight is 281 g/mol. The van der Waals surface area contributed by atoms with Crippen LogP contribution in [0.4, 0.5) is 0 Å². The summed E-state index contributed by atoms with van der Waals surface area (Å²) < 4.78 is 0. The van der Waals surface area contributed by atoms with E-state index < -0.39 is 0 Å². The number of amides is 1. The number of oxime groups is 1. The predicted octanol–water partition coefficient (Wildman–Crippen LogP) is 2.47. The highest BCUT2D eigenvalue weighted by Gasteiger charge is 2.29. The highest BCUT2D eigenvalue weighted by Crippen LogP contribution is 2.28. The van der Waals surface area contributed by atoms with Crippen molar-refractivity contribution in [1.29, 1.82) is 0 Å². The van der Waals surface area contributed by atoms with Crippen molar-refractivity contribution in [3.8, 4) is 0 Å². The van der Waals surface area contributed by atoms with Gasteiger partial charge in [-0.2, -0.15) is 0 Å². The molecule has 0 aromatic rings. The molecule has 1 aliphatic carbocycles. The first kappa shape index (κ1) is 15.1. The van der Waals surface area contributed by atoms with E-state index >= 15 is 0 Å². The Morgan fingerprint density at radius 3 is 2.55 bits per heavy atom. The molecule has 0 spiro atoms. The Bertz CT molecular complexity index is 351. The molecule has 1 heterocycles. The monoisotopic (exact) mass is 281 g/mol. The molecule has 0 radical (unpaired) electrons. The summed E-state index contributed by atoms with van der Waals surface area (Å²) in [7, 11) is 0. The molecular weight excluding hydrogens is 254 g/mol. The number of piperidine rings is 1. The van der Waals surface area contributed by atoms with Gasteiger partial charge in [0.1, 0.15) is 0 Å². The second kappa shape index (κ2) is 7.50. The number of nitrogens with zero attached hydrogens (tertiary/aromatic N) is 2. The van der Waals surface area contributed by atoms with Crippen LogP contribution in [-0.4, -0.2) is 34.4 Å². The van der Waals surface area contributed by atoms with Gasteiger partial charge < -0.3 is 15.8 Å². The topological polar surface area (TPSA) is 78.9 Å². The Hall–Kier alpha value is -1.26. The van der Waals surface area contributed by atoms with E-state index in [9.17, 15) is 4.79 Å². The number of hydrogen-bond donors (Lipinski definition) is 2. The Morgan fingerprint density at radius 2 is 1.85 bits per heavy atom. The number of likely N-dealkylation sites (tertiary alicyclic amines) is 1. The molecular formula is C15H27N3O2. The van der Waals surface area contributed by atoms with Crippen molar-refractivity contribution < 1.29 is 10.0 Å². The van der Waals surface area contributed by atoms with Crippen LogP contribution < -0.4 is 5.73 Å². The Labute approximate surface area is 121 Å². The van der Waals surface area contributed by atoms with Gasteiger partial charge in [0.05, 0.1) is 6.04 Å². The maximum absolute atomic E-state index is 12.4. The molecule has 1 amide bonds. The van der Waals surface area contributed by atoms with Crippen molar-refractivity contribution in [2.75, 3.05) is 6.54 Å². The Balaban J connectivity index is 1.85. The second-order valence-electron chi connectivity index (χ2n) is 6.17. The molecule has 1 saturated heterocycles. The summed E-state index contributed by atoms with van der Waals surface area (Å²) in [6, 6.07) is -0.201. The fourth-order valence-corrected chi connectivity index (χ4v) is 3.55. The quantitative estimate of drug-likeness (QED) is 0.359. The zero-order valence-electron chi connectivity index (χ0n) is 12.3. The molecule has 2 aliphatic rings. The van der Waals surface area contributed by atoms with E-state index in [0.29, 0.717) is 6.42 Å². The summed E-state index contributed by atoms with van der Waals surface area (Å²) in [4.78, 5) is 14.2. The van der Waals surface area contributed by atoms with Gasteiger partial charge in [0.15, 0.2) is 5.84 Å². The Morgan fingerprint density at radius 1 is 1.15 bits per heavy atom. The van der Waals surface area contributed by atoms with E-state index in [1.807, 2.05) is 4.90 Å². The minimum atomic E-state index is -0.201. The summed E-state index contributed by atoms with van der Waals surface area (Å²) in [5.41, 5.74) is 5.72. The van der Waals surface area contributed by atoms with E-state index in [4.69, 9.17) is 10.9 Å². The van der Waals surface area contributed by atoms with Crippen LogP contribution in [0.3, 0.4) is 0 Å². The van der Waals surface area contributed by atoms with Crippen molar-refractivity contribution in [1.82, 2.24) is 4.90 Å². The van der Waals surface area contributed by atoms with Gasteiger partial charge in [0, 0.05) is 13.0 Å². The van der Waals surface area contributed by atoms with Crippen LogP contribution in [-0.2, 0) is 4.79 Å². The van der Waals surface area contributed by atoms with Gasteiger partial charge in [-0.05, 0) is 31.6 Å². The average Bonchev–Trinajstić information content (AvgIpc) is 2.52. The molecule has 5 nitrogen and oxygen atoms in total. The molecule has 0 aromatic carbocycles. The number of carbonyl (C=O) groups is 1. The predicted molar refractivity (Wildman–Crippen MR) is 78.6 cm³/mol. The lowest BCUT2D eigenvalue weighted by Gasteiger charge is -2.35. The minimum Gasteiger partial charge on any atom is -0.409 e.